The summed E-state index contributed by atoms with van der Waals surface area (Å²) < 4.78 is 79.1. The molecule has 4 aromatic carbocycles. The molecule has 0 aromatic heterocycles. The smallest absolute Gasteiger partial charge is 0.342 e. The summed E-state index contributed by atoms with van der Waals surface area (Å²) >= 11 is 6.54. The Morgan fingerprint density at radius 1 is 0.957 bits per heavy atom. The predicted octanol–water partition coefficient (Wildman–Crippen LogP) is 8.27. The second kappa shape index (κ2) is 15.4. The molecule has 0 bridgehead atoms. The van der Waals surface area contributed by atoms with Crippen LogP contribution >= 0.6 is 11.6 Å². The molecular weight excluding hydrogens is 651 g/mol. The van der Waals surface area contributed by atoms with Crippen LogP contribution in [0.25, 0.3) is 0 Å². The Morgan fingerprint density at radius 3 is 2.09 bits per heavy atom. The van der Waals surface area contributed by atoms with Crippen LogP contribution in [0.3, 0.4) is 0 Å². The van der Waals surface area contributed by atoms with Gasteiger partial charge in [0.05, 0.1) is 23.1 Å². The van der Waals surface area contributed by atoms with Crippen molar-refractivity contribution in [3.05, 3.63) is 130 Å². The van der Waals surface area contributed by atoms with Gasteiger partial charge in [0.1, 0.15) is 17.1 Å². The van der Waals surface area contributed by atoms with Crippen LogP contribution < -0.4 is 4.74 Å². The number of sulfone groups is 1. The summed E-state index contributed by atoms with van der Waals surface area (Å²) in [5, 5.41) is -0.000235. The first-order valence-corrected chi connectivity index (χ1v) is 17.2. The summed E-state index contributed by atoms with van der Waals surface area (Å²) in [5.41, 5.74) is 1.74. The van der Waals surface area contributed by atoms with Crippen molar-refractivity contribution in [1.29, 1.82) is 0 Å². The van der Waals surface area contributed by atoms with Gasteiger partial charge in [-0.1, -0.05) is 90.5 Å². The lowest BCUT2D eigenvalue weighted by molar-refractivity contribution is 0.0174. The van der Waals surface area contributed by atoms with E-state index >= 15 is 0 Å². The van der Waals surface area contributed by atoms with Crippen molar-refractivity contribution in [3.63, 3.8) is 0 Å². The molecule has 0 aliphatic rings. The van der Waals surface area contributed by atoms with Crippen LogP contribution in [0.4, 0.5) is 13.2 Å². The van der Waals surface area contributed by atoms with Gasteiger partial charge in [0.2, 0.25) is 0 Å². The van der Waals surface area contributed by atoms with Gasteiger partial charge in [-0.3, -0.25) is 4.90 Å². The topological polar surface area (TPSA) is 72.9 Å². The van der Waals surface area contributed by atoms with E-state index in [-0.39, 0.29) is 28.8 Å². The first-order valence-electron chi connectivity index (χ1n) is 15.0. The summed E-state index contributed by atoms with van der Waals surface area (Å²) in [5.74, 6) is -5.46. The lowest BCUT2D eigenvalue weighted by Crippen LogP contribution is -2.32. The Balaban J connectivity index is 1.64. The molecule has 0 amide bonds. The molecule has 0 unspecified atom stereocenters. The van der Waals surface area contributed by atoms with Crippen LogP contribution in [0.15, 0.2) is 95.9 Å². The van der Waals surface area contributed by atoms with Crippen LogP contribution in [0.5, 0.6) is 5.75 Å². The lowest BCUT2D eigenvalue weighted by atomic mass is 9.90. The zero-order valence-electron chi connectivity index (χ0n) is 26.6. The van der Waals surface area contributed by atoms with Crippen molar-refractivity contribution < 1.29 is 35.9 Å². The van der Waals surface area contributed by atoms with Gasteiger partial charge in [0.25, 0.3) is 5.92 Å². The van der Waals surface area contributed by atoms with Gasteiger partial charge in [-0.25, -0.2) is 26.4 Å². The molecule has 0 aliphatic carbocycles. The number of hydrogen-bond acceptors (Lipinski definition) is 6. The van der Waals surface area contributed by atoms with Gasteiger partial charge in [-0.2, -0.15) is 0 Å². The van der Waals surface area contributed by atoms with Gasteiger partial charge in [-0.05, 0) is 36.1 Å². The number of carbonyl (C=O) groups is 1. The fourth-order valence-electron chi connectivity index (χ4n) is 5.42. The number of esters is 1. The molecule has 0 saturated carbocycles. The van der Waals surface area contributed by atoms with Crippen molar-refractivity contribution in [2.75, 3.05) is 26.5 Å². The largest absolute Gasteiger partial charge is 0.491 e. The number of methoxy groups -OCH3 is 1. The van der Waals surface area contributed by atoms with E-state index in [0.29, 0.717) is 25.1 Å². The van der Waals surface area contributed by atoms with Gasteiger partial charge in [-0.15, -0.1) is 0 Å². The van der Waals surface area contributed by atoms with E-state index in [4.69, 9.17) is 16.3 Å². The minimum absolute atomic E-state index is 0.000235. The Hall–Kier alpha value is -3.86. The molecule has 250 valence electrons. The normalized spacial score (nSPS) is 12.7. The maximum Gasteiger partial charge on any atom is 0.342 e. The summed E-state index contributed by atoms with van der Waals surface area (Å²) in [6, 6.07) is 26.6. The molecule has 47 heavy (non-hydrogen) atoms. The first-order chi connectivity index (χ1) is 22.2. The maximum atomic E-state index is 15.0. The Labute approximate surface area is 279 Å². The maximum absolute atomic E-state index is 15.0. The van der Waals surface area contributed by atoms with Crippen LogP contribution in [0, 0.1) is 5.82 Å². The van der Waals surface area contributed by atoms with E-state index in [1.54, 1.807) is 19.1 Å². The molecule has 11 heteroatoms. The zero-order chi connectivity index (χ0) is 34.4. The number of nitrogens with zero attached hydrogens (tertiary/aromatic N) is 1. The standard InChI is InChI=1S/C36H37ClF3NO5S/c1-24(46-28-20-31(38)33(35(42)45-3)32(21-28)47(4,43)44)18-19-41(22-27-16-11-17-30(34(27)37)36(2,39)40)23-29(25-12-7-5-8-13-25)26-14-9-6-10-15-26/h5-17,20-21,24,29H,18-19,22-23H2,1-4H3/t24-/m1/s1. The second-order valence-corrected chi connectivity index (χ2v) is 13.9. The molecule has 4 rings (SSSR count). The Kier molecular flexibility index (Phi) is 11.8. The quantitative estimate of drug-likeness (QED) is 0.124. The van der Waals surface area contributed by atoms with Crippen molar-refractivity contribution in [2.24, 2.45) is 0 Å². The molecule has 0 saturated heterocycles. The Bertz CT molecular complexity index is 1740. The van der Waals surface area contributed by atoms with E-state index in [1.165, 1.54) is 6.07 Å². The lowest BCUT2D eigenvalue weighted by Gasteiger charge is -2.30. The monoisotopic (exact) mass is 687 g/mol. The number of benzene rings is 4. The fourth-order valence-corrected chi connectivity index (χ4v) is 6.66. The summed E-state index contributed by atoms with van der Waals surface area (Å²) in [7, 11) is -2.98. The third kappa shape index (κ3) is 9.37. The molecule has 0 heterocycles. The molecule has 0 spiro atoms. The highest BCUT2D eigenvalue weighted by molar-refractivity contribution is 7.90. The minimum atomic E-state index is -4.01. The number of carbonyl (C=O) groups excluding carboxylic acids is 1. The summed E-state index contributed by atoms with van der Waals surface area (Å²) in [4.78, 5) is 13.7. The van der Waals surface area contributed by atoms with Crippen LogP contribution in [-0.4, -0.2) is 51.8 Å². The number of alkyl halides is 2. The van der Waals surface area contributed by atoms with Crippen molar-refractivity contribution in [1.82, 2.24) is 4.90 Å². The van der Waals surface area contributed by atoms with Crippen molar-refractivity contribution in [3.8, 4) is 5.75 Å². The average molecular weight is 688 g/mol. The van der Waals surface area contributed by atoms with Gasteiger partial charge in [0.15, 0.2) is 9.84 Å². The highest BCUT2D eigenvalue weighted by Gasteiger charge is 2.29. The second-order valence-electron chi connectivity index (χ2n) is 11.5. The van der Waals surface area contributed by atoms with E-state index in [9.17, 15) is 26.4 Å². The molecule has 1 atom stereocenters. The van der Waals surface area contributed by atoms with Gasteiger partial charge < -0.3 is 9.47 Å². The van der Waals surface area contributed by atoms with Crippen molar-refractivity contribution >= 4 is 27.4 Å². The summed E-state index contributed by atoms with van der Waals surface area (Å²) in [6.45, 7) is 3.74. The molecule has 0 N–H and O–H groups in total. The Morgan fingerprint density at radius 2 is 1.55 bits per heavy atom. The number of hydrogen-bond donors (Lipinski definition) is 0. The van der Waals surface area contributed by atoms with Crippen LogP contribution in [0.2, 0.25) is 5.02 Å². The van der Waals surface area contributed by atoms with E-state index in [2.05, 4.69) is 9.64 Å². The predicted molar refractivity (Wildman–Crippen MR) is 177 cm³/mol. The molecule has 0 fully saturated rings. The molecule has 0 radical (unpaired) electrons. The number of ether oxygens (including phenoxy) is 2. The van der Waals surface area contributed by atoms with Crippen LogP contribution in [0.1, 0.15) is 58.8 Å². The molecule has 4 aromatic rings. The zero-order valence-corrected chi connectivity index (χ0v) is 28.1. The molecule has 0 aliphatic heterocycles. The fraction of sp³-hybridized carbons (Fsp3) is 0.306. The molecular formula is C36H37ClF3NO5S. The third-order valence-corrected chi connectivity index (χ3v) is 9.36. The molecule has 6 nitrogen and oxygen atoms in total. The van der Waals surface area contributed by atoms with E-state index < -0.39 is 44.1 Å². The van der Waals surface area contributed by atoms with Crippen LogP contribution in [-0.2, 0) is 27.0 Å². The average Bonchev–Trinajstić information content (AvgIpc) is 3.02. The van der Waals surface area contributed by atoms with Crippen molar-refractivity contribution in [2.45, 2.75) is 49.7 Å². The van der Waals surface area contributed by atoms with E-state index in [0.717, 1.165) is 43.5 Å². The van der Waals surface area contributed by atoms with E-state index in [1.807, 2.05) is 60.7 Å². The minimum Gasteiger partial charge on any atom is -0.491 e. The van der Waals surface area contributed by atoms with Gasteiger partial charge in [0, 0.05) is 50.4 Å². The third-order valence-electron chi connectivity index (χ3n) is 7.80. The highest BCUT2D eigenvalue weighted by Crippen LogP contribution is 2.36. The van der Waals surface area contributed by atoms with Gasteiger partial charge >= 0.3 is 5.97 Å². The first kappa shape index (κ1) is 36.0. The highest BCUT2D eigenvalue weighted by atomic mass is 35.5. The SMILES string of the molecule is COC(=O)c1c(F)cc(O[C@H](C)CCN(Cc2cccc(C(C)(F)F)c2Cl)CC(c2ccccc2)c2ccccc2)cc1S(C)(=O)=O. The number of halogens is 4. The number of rotatable bonds is 14. The summed E-state index contributed by atoms with van der Waals surface area (Å²) in [6.07, 6.45) is 0.720.